The topological polar surface area (TPSA) is 15.3 Å². The summed E-state index contributed by atoms with van der Waals surface area (Å²) in [6, 6.07) is 4.84. The van der Waals surface area contributed by atoms with Crippen LogP contribution in [0.3, 0.4) is 0 Å². The highest BCUT2D eigenvalue weighted by Gasteiger charge is 2.23. The highest BCUT2D eigenvalue weighted by Crippen LogP contribution is 2.26. The van der Waals surface area contributed by atoms with Gasteiger partial charge in [-0.1, -0.05) is 11.6 Å². The van der Waals surface area contributed by atoms with Crippen molar-refractivity contribution >= 4 is 17.3 Å². The molecule has 2 rings (SSSR count). The summed E-state index contributed by atoms with van der Waals surface area (Å²) >= 11 is 6.03. The van der Waals surface area contributed by atoms with Gasteiger partial charge in [0.15, 0.2) is 0 Å². The number of hydrogen-bond donors (Lipinski definition) is 1. The fraction of sp³-hybridized carbons (Fsp3) is 0.571. The third kappa shape index (κ3) is 3.36. The SMILES string of the molecule is CC(Nc1ccc(F)cc1Cl)C1CCCN(C)C1. The smallest absolute Gasteiger partial charge is 0.124 e. The Labute approximate surface area is 113 Å². The second-order valence-electron chi connectivity index (χ2n) is 5.22. The third-order valence-electron chi connectivity index (χ3n) is 3.68. The minimum Gasteiger partial charge on any atom is -0.381 e. The molecule has 0 aliphatic carbocycles. The van der Waals surface area contributed by atoms with E-state index in [1.807, 2.05) is 0 Å². The molecule has 0 saturated carbocycles. The molecule has 1 heterocycles. The van der Waals surface area contributed by atoms with Crippen LogP contribution < -0.4 is 5.32 Å². The molecular weight excluding hydrogens is 251 g/mol. The van der Waals surface area contributed by atoms with E-state index in [1.165, 1.54) is 31.5 Å². The van der Waals surface area contributed by atoms with Crippen LogP contribution in [0.4, 0.5) is 10.1 Å². The molecule has 1 aliphatic heterocycles. The molecular formula is C14H20ClFN2. The number of anilines is 1. The fourth-order valence-corrected chi connectivity index (χ4v) is 2.81. The zero-order valence-electron chi connectivity index (χ0n) is 10.9. The minimum atomic E-state index is -0.296. The Balaban J connectivity index is 1.99. The molecule has 0 amide bonds. The van der Waals surface area contributed by atoms with Crippen LogP contribution in [-0.4, -0.2) is 31.1 Å². The molecule has 1 aromatic rings. The molecule has 1 aliphatic rings. The summed E-state index contributed by atoms with van der Waals surface area (Å²) in [6.07, 6.45) is 2.47. The maximum Gasteiger partial charge on any atom is 0.124 e. The Morgan fingerprint density at radius 2 is 2.28 bits per heavy atom. The number of rotatable bonds is 3. The summed E-state index contributed by atoms with van der Waals surface area (Å²) in [5.74, 6) is 0.320. The Bertz CT molecular complexity index is 411. The van der Waals surface area contributed by atoms with Crippen LogP contribution in [0.15, 0.2) is 18.2 Å². The number of nitrogens with zero attached hydrogens (tertiary/aromatic N) is 1. The molecule has 100 valence electrons. The van der Waals surface area contributed by atoms with Crippen LogP contribution in [0.5, 0.6) is 0 Å². The van der Waals surface area contributed by atoms with E-state index in [1.54, 1.807) is 6.07 Å². The van der Waals surface area contributed by atoms with Gasteiger partial charge >= 0.3 is 0 Å². The molecule has 1 N–H and O–H groups in total. The molecule has 18 heavy (non-hydrogen) atoms. The lowest BCUT2D eigenvalue weighted by molar-refractivity contribution is 0.197. The van der Waals surface area contributed by atoms with Gasteiger partial charge in [-0.05, 0) is 57.5 Å². The van der Waals surface area contributed by atoms with Crippen molar-refractivity contribution in [3.8, 4) is 0 Å². The van der Waals surface area contributed by atoms with Gasteiger partial charge in [-0.15, -0.1) is 0 Å². The predicted molar refractivity (Wildman–Crippen MR) is 74.7 cm³/mol. The van der Waals surface area contributed by atoms with Crippen molar-refractivity contribution in [1.29, 1.82) is 0 Å². The monoisotopic (exact) mass is 270 g/mol. The lowest BCUT2D eigenvalue weighted by atomic mass is 9.92. The van der Waals surface area contributed by atoms with Crippen molar-refractivity contribution in [3.63, 3.8) is 0 Å². The molecule has 2 nitrogen and oxygen atoms in total. The van der Waals surface area contributed by atoms with E-state index in [2.05, 4.69) is 24.2 Å². The van der Waals surface area contributed by atoms with E-state index in [0.717, 1.165) is 12.2 Å². The van der Waals surface area contributed by atoms with Gasteiger partial charge in [-0.2, -0.15) is 0 Å². The normalized spacial score (nSPS) is 22.8. The van der Waals surface area contributed by atoms with Crippen LogP contribution in [0, 0.1) is 11.7 Å². The van der Waals surface area contributed by atoms with Crippen LogP contribution in [0.1, 0.15) is 19.8 Å². The van der Waals surface area contributed by atoms with Crippen molar-refractivity contribution in [2.24, 2.45) is 5.92 Å². The van der Waals surface area contributed by atoms with Crippen molar-refractivity contribution in [1.82, 2.24) is 4.90 Å². The lowest BCUT2D eigenvalue weighted by Gasteiger charge is -2.34. The van der Waals surface area contributed by atoms with E-state index < -0.39 is 0 Å². The zero-order valence-corrected chi connectivity index (χ0v) is 11.7. The lowest BCUT2D eigenvalue weighted by Crippen LogP contribution is -2.39. The van der Waals surface area contributed by atoms with Gasteiger partial charge in [0.25, 0.3) is 0 Å². The predicted octanol–water partition coefficient (Wildman–Crippen LogP) is 3.62. The summed E-state index contributed by atoms with van der Waals surface area (Å²) in [5.41, 5.74) is 0.818. The highest BCUT2D eigenvalue weighted by atomic mass is 35.5. The maximum absolute atomic E-state index is 13.0. The summed E-state index contributed by atoms with van der Waals surface area (Å²) < 4.78 is 13.0. The number of piperidine rings is 1. The Morgan fingerprint density at radius 3 is 2.94 bits per heavy atom. The van der Waals surface area contributed by atoms with Crippen molar-refractivity contribution in [2.75, 3.05) is 25.5 Å². The zero-order chi connectivity index (χ0) is 13.1. The second kappa shape index (κ2) is 5.89. The number of hydrogen-bond acceptors (Lipinski definition) is 2. The Morgan fingerprint density at radius 1 is 1.50 bits per heavy atom. The molecule has 0 radical (unpaired) electrons. The van der Waals surface area contributed by atoms with Crippen LogP contribution in [0.2, 0.25) is 5.02 Å². The van der Waals surface area contributed by atoms with Gasteiger partial charge in [0.2, 0.25) is 0 Å². The van der Waals surface area contributed by atoms with Gasteiger partial charge in [0.1, 0.15) is 5.82 Å². The van der Waals surface area contributed by atoms with Gasteiger partial charge < -0.3 is 10.2 Å². The van der Waals surface area contributed by atoms with Gasteiger partial charge in [-0.25, -0.2) is 4.39 Å². The summed E-state index contributed by atoms with van der Waals surface area (Å²) in [5, 5.41) is 3.85. The molecule has 1 fully saturated rings. The van der Waals surface area contributed by atoms with Gasteiger partial charge in [0, 0.05) is 12.6 Å². The van der Waals surface area contributed by atoms with E-state index in [9.17, 15) is 4.39 Å². The third-order valence-corrected chi connectivity index (χ3v) is 4.00. The molecule has 1 aromatic carbocycles. The average Bonchev–Trinajstić information content (AvgIpc) is 2.32. The number of likely N-dealkylation sites (tertiary alicyclic amines) is 1. The summed E-state index contributed by atoms with van der Waals surface area (Å²) in [6.45, 7) is 4.46. The van der Waals surface area contributed by atoms with Crippen LogP contribution >= 0.6 is 11.6 Å². The van der Waals surface area contributed by atoms with E-state index in [4.69, 9.17) is 11.6 Å². The first-order chi connectivity index (χ1) is 8.56. The largest absolute Gasteiger partial charge is 0.381 e. The second-order valence-corrected chi connectivity index (χ2v) is 5.63. The molecule has 2 unspecified atom stereocenters. The Kier molecular flexibility index (Phi) is 4.46. The summed E-state index contributed by atoms with van der Waals surface area (Å²) in [4.78, 5) is 2.36. The van der Waals surface area contributed by atoms with Crippen LogP contribution in [-0.2, 0) is 0 Å². The number of halogens is 2. The molecule has 2 atom stereocenters. The van der Waals surface area contributed by atoms with Gasteiger partial charge in [-0.3, -0.25) is 0 Å². The molecule has 0 aromatic heterocycles. The minimum absolute atomic E-state index is 0.296. The first-order valence-electron chi connectivity index (χ1n) is 6.46. The van der Waals surface area contributed by atoms with Crippen molar-refractivity contribution < 1.29 is 4.39 Å². The van der Waals surface area contributed by atoms with Crippen molar-refractivity contribution in [3.05, 3.63) is 29.0 Å². The Hall–Kier alpha value is -0.800. The first-order valence-corrected chi connectivity index (χ1v) is 6.84. The number of nitrogens with one attached hydrogen (secondary N) is 1. The summed E-state index contributed by atoms with van der Waals surface area (Å²) in [7, 11) is 2.16. The average molecular weight is 271 g/mol. The van der Waals surface area contributed by atoms with Crippen LogP contribution in [0.25, 0.3) is 0 Å². The standard InChI is InChI=1S/C14H20ClFN2/c1-10(11-4-3-7-18(2)9-11)17-14-6-5-12(16)8-13(14)15/h5-6,8,10-11,17H,3-4,7,9H2,1-2H3. The number of benzene rings is 1. The quantitative estimate of drug-likeness (QED) is 0.902. The molecule has 0 bridgehead atoms. The van der Waals surface area contributed by atoms with E-state index in [-0.39, 0.29) is 5.82 Å². The highest BCUT2D eigenvalue weighted by molar-refractivity contribution is 6.33. The molecule has 0 spiro atoms. The molecule has 4 heteroatoms. The van der Waals surface area contributed by atoms with Gasteiger partial charge in [0.05, 0.1) is 10.7 Å². The van der Waals surface area contributed by atoms with E-state index >= 15 is 0 Å². The van der Waals surface area contributed by atoms with E-state index in [0.29, 0.717) is 17.0 Å². The maximum atomic E-state index is 13.0. The molecule has 1 saturated heterocycles. The van der Waals surface area contributed by atoms with Crippen molar-refractivity contribution in [2.45, 2.75) is 25.8 Å². The first kappa shape index (κ1) is 13.6. The fourth-order valence-electron chi connectivity index (χ4n) is 2.58.